The maximum Gasteiger partial charge on any atom is 0.407 e. The van der Waals surface area contributed by atoms with Crippen LogP contribution in [-0.2, 0) is 20.7 Å². The summed E-state index contributed by atoms with van der Waals surface area (Å²) in [6.45, 7) is 3.10. The fourth-order valence-electron chi connectivity index (χ4n) is 12.0. The van der Waals surface area contributed by atoms with Crippen molar-refractivity contribution in [3.05, 3.63) is 82.8 Å². The van der Waals surface area contributed by atoms with Gasteiger partial charge >= 0.3 is 6.09 Å². The van der Waals surface area contributed by atoms with E-state index < -0.39 is 47.4 Å². The molecule has 6 aliphatic rings. The van der Waals surface area contributed by atoms with Gasteiger partial charge in [-0.15, -0.1) is 6.42 Å². The molecule has 6 aliphatic heterocycles. The van der Waals surface area contributed by atoms with Gasteiger partial charge in [-0.2, -0.15) is 0 Å². The predicted molar refractivity (Wildman–Crippen MR) is 258 cm³/mol. The van der Waals surface area contributed by atoms with E-state index in [-0.39, 0.29) is 94.3 Å². The van der Waals surface area contributed by atoms with Crippen LogP contribution in [0.3, 0.4) is 0 Å². The fraction of sp³-hybridized carbons (Fsp3) is 0.423. The molecule has 0 radical (unpaired) electrons. The van der Waals surface area contributed by atoms with Gasteiger partial charge in [0.25, 0.3) is 11.8 Å². The standard InChI is InChI=1S/C52H52F2N10O7/c1-2-33-37(53)11-8-28-22-32(65)23-35(42(28)33)45-44(54)46-36(24-57-45)47(62-25-29-9-10-30(26-62)58-29)60-40(59-46)15-18-52-16-4-21-63(52)31(14-17-52)27-71-51(70)56-20-5-19-55-38-7-3-6-34-43(38)50(69)64(49(34)68)39-12-13-41(66)61-48(39)67/h1,3,6-8,11,22-24,29-31,39,55,58,65H,4-5,9-10,12-21,25-27H2,(H,56,70)(H,61,66,67)/t29?,30?,31-,39?,52-/m0/s1. The first-order valence-electron chi connectivity index (χ1n) is 24.4. The number of nitrogens with one attached hydrogen (secondary N) is 4. The number of terminal acetylenes is 1. The minimum atomic E-state index is -1.06. The predicted octanol–water partition coefficient (Wildman–Crippen LogP) is 5.31. The average Bonchev–Trinajstić information content (AvgIpc) is 4.10. The minimum Gasteiger partial charge on any atom is -0.508 e. The number of imide groups is 2. The number of aromatic hydroxyl groups is 1. The Bertz CT molecular complexity index is 3100. The average molecular weight is 967 g/mol. The molecule has 8 heterocycles. The van der Waals surface area contributed by atoms with Crippen molar-refractivity contribution in [3.63, 3.8) is 0 Å². The number of anilines is 2. The smallest absolute Gasteiger partial charge is 0.407 e. The molecule has 17 nitrogen and oxygen atoms in total. The van der Waals surface area contributed by atoms with Gasteiger partial charge in [0.1, 0.15) is 47.1 Å². The zero-order valence-corrected chi connectivity index (χ0v) is 38.9. The number of hydrogen-bond acceptors (Lipinski definition) is 14. The first kappa shape index (κ1) is 46.1. The molecule has 5 N–H and O–H groups in total. The molecule has 0 saturated carbocycles. The van der Waals surface area contributed by atoms with Gasteiger partial charge in [-0.1, -0.05) is 18.1 Å². The van der Waals surface area contributed by atoms with Crippen LogP contribution < -0.4 is 26.2 Å². The third kappa shape index (κ3) is 8.31. The highest BCUT2D eigenvalue weighted by Gasteiger charge is 2.49. The first-order valence-corrected chi connectivity index (χ1v) is 24.4. The van der Waals surface area contributed by atoms with E-state index in [4.69, 9.17) is 21.1 Å². The van der Waals surface area contributed by atoms with Crippen molar-refractivity contribution in [3.8, 4) is 29.4 Å². The Hall–Kier alpha value is -7.30. The monoisotopic (exact) mass is 966 g/mol. The maximum atomic E-state index is 17.2. The number of amides is 5. The van der Waals surface area contributed by atoms with Crippen molar-refractivity contribution in [2.24, 2.45) is 0 Å². The topological polar surface area (TPSA) is 211 Å². The molecule has 11 rings (SSSR count). The number of phenols is 1. The van der Waals surface area contributed by atoms with E-state index in [0.717, 1.165) is 50.0 Å². The summed E-state index contributed by atoms with van der Waals surface area (Å²) in [6.07, 6.45) is 14.3. The zero-order valence-electron chi connectivity index (χ0n) is 38.9. The third-order valence-corrected chi connectivity index (χ3v) is 15.3. The molecule has 0 spiro atoms. The highest BCUT2D eigenvalue weighted by molar-refractivity contribution is 6.25. The van der Waals surface area contributed by atoms with Crippen LogP contribution in [0.1, 0.15) is 96.3 Å². The lowest BCUT2D eigenvalue weighted by Crippen LogP contribution is -2.54. The Balaban J connectivity index is 0.741. The molecule has 366 valence electrons. The largest absolute Gasteiger partial charge is 0.508 e. The number of fused-ring (bicyclic) bond motifs is 6. The van der Waals surface area contributed by atoms with E-state index in [1.54, 1.807) is 18.3 Å². The lowest BCUT2D eigenvalue weighted by Gasteiger charge is -2.35. The molecule has 5 fully saturated rings. The highest BCUT2D eigenvalue weighted by atomic mass is 19.1. The first-order chi connectivity index (χ1) is 34.4. The Morgan fingerprint density at radius 2 is 1.82 bits per heavy atom. The van der Waals surface area contributed by atoms with Gasteiger partial charge in [-0.3, -0.25) is 39.3 Å². The van der Waals surface area contributed by atoms with E-state index >= 15 is 8.78 Å². The van der Waals surface area contributed by atoms with Crippen molar-refractivity contribution in [2.75, 3.05) is 49.5 Å². The van der Waals surface area contributed by atoms with E-state index in [1.807, 2.05) is 0 Å². The molecule has 5 amide bonds. The second-order valence-electron chi connectivity index (χ2n) is 19.5. The number of halogens is 2. The molecular weight excluding hydrogens is 915 g/mol. The van der Waals surface area contributed by atoms with Crippen LogP contribution in [0.15, 0.2) is 48.7 Å². The van der Waals surface area contributed by atoms with Crippen LogP contribution in [0, 0.1) is 24.0 Å². The minimum absolute atomic E-state index is 0.00964. The lowest BCUT2D eigenvalue weighted by atomic mass is 9.88. The Morgan fingerprint density at radius 3 is 2.62 bits per heavy atom. The number of benzene rings is 3. The molecule has 71 heavy (non-hydrogen) atoms. The number of alkyl carbamates (subject to hydrolysis) is 1. The van der Waals surface area contributed by atoms with Gasteiger partial charge in [-0.25, -0.2) is 23.5 Å². The summed E-state index contributed by atoms with van der Waals surface area (Å²) < 4.78 is 38.1. The number of carbonyl (C=O) groups excluding carboxylic acids is 5. The second-order valence-corrected chi connectivity index (χ2v) is 19.5. The number of aryl methyl sites for hydroxylation is 1. The van der Waals surface area contributed by atoms with Gasteiger partial charge in [0.2, 0.25) is 11.8 Å². The van der Waals surface area contributed by atoms with E-state index in [2.05, 4.69) is 42.0 Å². The normalized spacial score (nSPS) is 23.8. The van der Waals surface area contributed by atoms with Crippen molar-refractivity contribution in [1.82, 2.24) is 40.7 Å². The van der Waals surface area contributed by atoms with E-state index in [9.17, 15) is 29.1 Å². The molecule has 3 unspecified atom stereocenters. The number of ether oxygens (including phenoxy) is 1. The maximum absolute atomic E-state index is 17.2. The van der Waals surface area contributed by atoms with Gasteiger partial charge in [0.15, 0.2) is 5.82 Å². The molecular formula is C52H52F2N10O7. The van der Waals surface area contributed by atoms with Crippen LogP contribution in [0.25, 0.3) is 32.9 Å². The fourth-order valence-corrected chi connectivity index (χ4v) is 12.0. The van der Waals surface area contributed by atoms with Crippen LogP contribution in [-0.4, -0.2) is 129 Å². The van der Waals surface area contributed by atoms with Gasteiger partial charge < -0.3 is 30.7 Å². The molecule has 5 saturated heterocycles. The molecule has 19 heteroatoms. The molecule has 0 aliphatic carbocycles. The number of pyridine rings is 1. The summed E-state index contributed by atoms with van der Waals surface area (Å²) in [5.74, 6) is -0.296. The van der Waals surface area contributed by atoms with Crippen LogP contribution in [0.4, 0.5) is 25.1 Å². The quantitative estimate of drug-likeness (QED) is 0.0576. The number of piperidine rings is 1. The highest BCUT2D eigenvalue weighted by Crippen LogP contribution is 2.46. The summed E-state index contributed by atoms with van der Waals surface area (Å²) in [7, 11) is 0. The number of phenolic OH excluding ortho intramolecular Hbond substituents is 1. The number of nitrogens with zero attached hydrogens (tertiary/aromatic N) is 6. The number of carbonyl (C=O) groups is 5. The van der Waals surface area contributed by atoms with Gasteiger partial charge in [0.05, 0.1) is 22.1 Å². The Kier molecular flexibility index (Phi) is 12.0. The van der Waals surface area contributed by atoms with Crippen molar-refractivity contribution < 1.29 is 42.6 Å². The molecule has 5 atom stereocenters. The van der Waals surface area contributed by atoms with Gasteiger partial charge in [-0.05, 0) is 100 Å². The third-order valence-electron chi connectivity index (χ3n) is 15.3. The summed E-state index contributed by atoms with van der Waals surface area (Å²) in [5.41, 5.74) is 0.687. The molecule has 5 aromatic rings. The summed E-state index contributed by atoms with van der Waals surface area (Å²) in [4.78, 5) is 84.0. The summed E-state index contributed by atoms with van der Waals surface area (Å²) in [5, 5.41) is 23.8. The summed E-state index contributed by atoms with van der Waals surface area (Å²) in [6, 6.07) is 9.89. The molecule has 2 bridgehead atoms. The SMILES string of the molecule is C#Cc1c(F)ccc2cc(O)cc(-c3ncc4c(N5CC6CCC(C5)N6)nc(CC[C@@]56CCCN5[C@H](COC(=O)NCCCNc5cccc7c5C(=O)N(C5CCC(=O)NC5=O)C7=O)CC6)nc4c3F)c12. The van der Waals surface area contributed by atoms with Crippen LogP contribution >= 0.6 is 0 Å². The van der Waals surface area contributed by atoms with Crippen molar-refractivity contribution >= 4 is 62.9 Å². The zero-order chi connectivity index (χ0) is 49.1. The van der Waals surface area contributed by atoms with Crippen molar-refractivity contribution in [1.29, 1.82) is 0 Å². The Labute approximate surface area is 407 Å². The number of piperazine rings is 1. The lowest BCUT2D eigenvalue weighted by molar-refractivity contribution is -0.136. The summed E-state index contributed by atoms with van der Waals surface area (Å²) >= 11 is 0. The molecule has 3 aromatic carbocycles. The number of hydrogen-bond donors (Lipinski definition) is 5. The van der Waals surface area contributed by atoms with Crippen LogP contribution in [0.5, 0.6) is 5.75 Å². The van der Waals surface area contributed by atoms with Crippen molar-refractivity contribution in [2.45, 2.75) is 100 Å². The van der Waals surface area contributed by atoms with Gasteiger partial charge in [0, 0.05) is 85.5 Å². The number of rotatable bonds is 13. The van der Waals surface area contributed by atoms with E-state index in [1.165, 1.54) is 30.3 Å². The Morgan fingerprint density at radius 1 is 0.986 bits per heavy atom. The van der Waals surface area contributed by atoms with Crippen LogP contribution in [0.2, 0.25) is 0 Å². The number of aromatic nitrogens is 3. The molecule has 2 aromatic heterocycles. The van der Waals surface area contributed by atoms with E-state index in [0.29, 0.717) is 67.0 Å². The second kappa shape index (κ2) is 18.5.